The van der Waals surface area contributed by atoms with Gasteiger partial charge in [0.15, 0.2) is 0 Å². The molecule has 1 fully saturated rings. The van der Waals surface area contributed by atoms with Gasteiger partial charge in [0.2, 0.25) is 0 Å². The van der Waals surface area contributed by atoms with Crippen LogP contribution in [-0.2, 0) is 4.79 Å². The number of hydrogen-bond donors (Lipinski definition) is 0. The monoisotopic (exact) mass is 385 g/mol. The van der Waals surface area contributed by atoms with Crippen LogP contribution in [0.4, 0.5) is 5.69 Å². The van der Waals surface area contributed by atoms with Crippen molar-refractivity contribution in [3.05, 3.63) is 24.3 Å². The fraction of sp³-hybridized carbons (Fsp3) is 0.533. The molecule has 0 aromatic heterocycles. The molecule has 3 N–H and O–H groups in total. The Kier molecular flexibility index (Phi) is 12.2. The van der Waals surface area contributed by atoms with E-state index in [1.807, 2.05) is 31.3 Å². The van der Waals surface area contributed by atoms with Crippen LogP contribution < -0.4 is 9.30 Å². The Hall–Kier alpha value is -0.967. The Labute approximate surface area is 146 Å². The predicted octanol–water partition coefficient (Wildman–Crippen LogP) is -0.450. The summed E-state index contributed by atoms with van der Waals surface area (Å²) in [5, 5.41) is 0. The molecule has 8 heteroatoms. The third-order valence-corrected chi connectivity index (χ3v) is 4.57. The minimum absolute atomic E-state index is 0. The first-order valence-electron chi connectivity index (χ1n) is 7.05. The number of amides is 1. The van der Waals surface area contributed by atoms with Crippen LogP contribution in [-0.4, -0.2) is 95.5 Å². The summed E-state index contributed by atoms with van der Waals surface area (Å²) in [5.74, 6) is 0.188. The molecule has 128 valence electrons. The number of benzene rings is 1. The van der Waals surface area contributed by atoms with Crippen LogP contribution in [0.5, 0.6) is 0 Å². The zero-order chi connectivity index (χ0) is 14.5. The summed E-state index contributed by atoms with van der Waals surface area (Å²) >= 11 is 2.05. The van der Waals surface area contributed by atoms with E-state index in [1.54, 1.807) is 4.90 Å². The second-order valence-corrected chi connectivity index (χ2v) is 6.61. The van der Waals surface area contributed by atoms with Crippen LogP contribution >= 0.6 is 0 Å². The minimum Gasteiger partial charge on any atom is -0.870 e. The van der Waals surface area contributed by atoms with Crippen molar-refractivity contribution in [1.82, 2.24) is 9.80 Å². The van der Waals surface area contributed by atoms with Crippen molar-refractivity contribution in [3.8, 4) is 0 Å². The summed E-state index contributed by atoms with van der Waals surface area (Å²) in [6, 6.07) is 8.09. The van der Waals surface area contributed by atoms with Gasteiger partial charge in [0.05, 0.1) is 0 Å². The molecule has 1 heterocycles. The van der Waals surface area contributed by atoms with Crippen molar-refractivity contribution in [2.75, 3.05) is 51.7 Å². The Morgan fingerprint density at radius 1 is 1.09 bits per heavy atom. The van der Waals surface area contributed by atoms with Crippen molar-refractivity contribution in [2.45, 2.75) is 6.42 Å². The molecule has 0 bridgehead atoms. The normalized spacial score (nSPS) is 15.0. The summed E-state index contributed by atoms with van der Waals surface area (Å²) in [6.07, 6.45) is 0.591. The fourth-order valence-electron chi connectivity index (χ4n) is 2.32. The quantitative estimate of drug-likeness (QED) is 0.650. The Balaban J connectivity index is 0. The molecule has 1 aromatic carbocycles. The van der Waals surface area contributed by atoms with E-state index in [2.05, 4.69) is 33.4 Å². The van der Waals surface area contributed by atoms with Crippen molar-refractivity contribution < 1.29 is 21.2 Å². The molecule has 0 atom stereocenters. The van der Waals surface area contributed by atoms with E-state index in [-0.39, 0.29) is 22.3 Å². The van der Waals surface area contributed by atoms with Crippen LogP contribution in [0.15, 0.2) is 24.3 Å². The van der Waals surface area contributed by atoms with Gasteiger partial charge in [-0.15, -0.1) is 0 Å². The number of carbonyl (C=O) groups is 1. The summed E-state index contributed by atoms with van der Waals surface area (Å²) < 4.78 is 1.21. The summed E-state index contributed by atoms with van der Waals surface area (Å²) in [4.78, 5) is 18.7. The number of carbonyl (C=O) groups excluding carboxylic acids is 1. The molecule has 23 heavy (non-hydrogen) atoms. The maximum absolute atomic E-state index is 12.2. The van der Waals surface area contributed by atoms with Gasteiger partial charge in [0, 0.05) is 0 Å². The minimum atomic E-state index is 0. The summed E-state index contributed by atoms with van der Waals surface area (Å²) in [7, 11) is 4.00. The second-order valence-electron chi connectivity index (χ2n) is 5.39. The maximum Gasteiger partial charge on any atom is -0.870 e. The van der Waals surface area contributed by atoms with Gasteiger partial charge in [-0.2, -0.15) is 0 Å². The van der Waals surface area contributed by atoms with Gasteiger partial charge in [-0.3, -0.25) is 0 Å². The number of anilines is 1. The number of piperazine rings is 1. The first-order chi connectivity index (χ1) is 9.56. The van der Waals surface area contributed by atoms with Crippen molar-refractivity contribution >= 4 is 32.5 Å². The predicted molar refractivity (Wildman–Crippen MR) is 89.6 cm³/mol. The van der Waals surface area contributed by atoms with Crippen molar-refractivity contribution in [1.29, 1.82) is 0 Å². The Morgan fingerprint density at radius 2 is 1.61 bits per heavy atom. The first-order valence-corrected chi connectivity index (χ1v) is 8.10. The topological polar surface area (TPSA) is 117 Å². The number of nitrogens with zero attached hydrogens (tertiary/aromatic N) is 3. The molecule has 1 aliphatic heterocycles. The standard InChI is InChI=1S/C15H22GeN3O.3H2O/c1-17-9-11-19(12-10-17)8-7-15(20)18(2)14-5-3-13(16)4-6-14;;;/h3-6H,7-12H2,1-2H3;3*1H2/q+3;;;/p-3. The molecule has 0 aliphatic carbocycles. The van der Waals surface area contributed by atoms with Crippen molar-refractivity contribution in [2.24, 2.45) is 0 Å². The number of likely N-dealkylation sites (N-methyl/N-ethyl adjacent to an activating group) is 1. The van der Waals surface area contributed by atoms with Gasteiger partial charge < -0.3 is 16.4 Å². The summed E-state index contributed by atoms with van der Waals surface area (Å²) in [6.45, 7) is 5.20. The zero-order valence-corrected chi connectivity index (χ0v) is 15.7. The molecule has 0 saturated carbocycles. The third kappa shape index (κ3) is 7.43. The van der Waals surface area contributed by atoms with Crippen LogP contribution in [0.3, 0.4) is 0 Å². The average molecular weight is 384 g/mol. The van der Waals surface area contributed by atoms with Gasteiger partial charge in [-0.05, 0) is 7.05 Å². The van der Waals surface area contributed by atoms with Crippen LogP contribution in [0.25, 0.3) is 0 Å². The second kappa shape index (κ2) is 11.6. The SMILES string of the molecule is CN1CCN(CCC(=O)N(C)c2cc[c]([Ge+3])cc2)CC1.[OH-].[OH-].[OH-]. The van der Waals surface area contributed by atoms with Gasteiger partial charge in [-0.25, -0.2) is 0 Å². The van der Waals surface area contributed by atoms with E-state index in [4.69, 9.17) is 0 Å². The van der Waals surface area contributed by atoms with Crippen LogP contribution in [0.2, 0.25) is 0 Å². The molecule has 1 amide bonds. The van der Waals surface area contributed by atoms with E-state index < -0.39 is 0 Å². The molecule has 7 nitrogen and oxygen atoms in total. The number of hydrogen-bond acceptors (Lipinski definition) is 6. The van der Waals surface area contributed by atoms with E-state index in [9.17, 15) is 4.79 Å². The van der Waals surface area contributed by atoms with Crippen LogP contribution in [0.1, 0.15) is 6.42 Å². The van der Waals surface area contributed by atoms with Gasteiger partial charge in [-0.1, -0.05) is 0 Å². The largest absolute Gasteiger partial charge is 0.870 e. The van der Waals surface area contributed by atoms with E-state index >= 15 is 0 Å². The molecule has 1 aromatic rings. The maximum atomic E-state index is 12.2. The first kappa shape index (κ1) is 24.3. The molecule has 1 aliphatic rings. The fourth-order valence-corrected chi connectivity index (χ4v) is 2.67. The Bertz CT molecular complexity index is 451. The molecule has 0 unspecified atom stereocenters. The average Bonchev–Trinajstić information content (AvgIpc) is 2.46. The van der Waals surface area contributed by atoms with E-state index in [1.165, 1.54) is 4.40 Å². The van der Waals surface area contributed by atoms with E-state index in [0.717, 1.165) is 38.4 Å². The van der Waals surface area contributed by atoms with Gasteiger partial charge >= 0.3 is 122 Å². The smallest absolute Gasteiger partial charge is 0.870 e. The zero-order valence-electron chi connectivity index (χ0n) is 13.6. The summed E-state index contributed by atoms with van der Waals surface area (Å²) in [5.41, 5.74) is 0.971. The molecular weight excluding hydrogens is 359 g/mol. The van der Waals surface area contributed by atoms with Gasteiger partial charge in [0.25, 0.3) is 0 Å². The molecule has 0 spiro atoms. The molecule has 0 radical (unpaired) electrons. The third-order valence-electron chi connectivity index (χ3n) is 3.87. The van der Waals surface area contributed by atoms with Gasteiger partial charge in [0.1, 0.15) is 0 Å². The Morgan fingerprint density at radius 3 is 2.13 bits per heavy atom. The molecule has 1 saturated heterocycles. The molecular formula is C15H25GeN3O4. The van der Waals surface area contributed by atoms with Crippen molar-refractivity contribution in [3.63, 3.8) is 0 Å². The number of rotatable bonds is 4. The van der Waals surface area contributed by atoms with Crippen LogP contribution in [0, 0.1) is 0 Å². The van der Waals surface area contributed by atoms with E-state index in [0.29, 0.717) is 6.42 Å². The molecule has 2 rings (SSSR count).